The van der Waals surface area contributed by atoms with Crippen molar-refractivity contribution in [2.45, 2.75) is 226 Å². The Kier molecular flexibility index (Phi) is 45.5. The zero-order chi connectivity index (χ0) is 43.7. The molecule has 0 saturated heterocycles. The van der Waals surface area contributed by atoms with Crippen molar-refractivity contribution in [1.29, 1.82) is 0 Å². The van der Waals surface area contributed by atoms with Crippen LogP contribution in [0.3, 0.4) is 0 Å². The predicted octanol–water partition coefficient (Wildman–Crippen LogP) is 16.0. The summed E-state index contributed by atoms with van der Waals surface area (Å²) in [6.07, 6.45) is 61.4. The summed E-state index contributed by atoms with van der Waals surface area (Å²) >= 11 is 0. The molecule has 0 rings (SSSR count). The Bertz CT molecular complexity index is 1190. The SMILES string of the molecule is CC\C=C/C=C\C=C/CCCCCCCCCC(=O)OC(COC(=O)CCC/C=C\CCCCCC)COC(=O)CCCCCCC\C=C/C=C\C=C/CCCCCCC. The fourth-order valence-electron chi connectivity index (χ4n) is 6.50. The fraction of sp³-hybridized carbons (Fsp3) is 0.685. The molecule has 0 aromatic rings. The standard InChI is InChI=1S/C54H90O6/c1-4-7-10-13-16-19-21-23-25-26-27-29-30-32-35-38-41-44-47-53(56)59-50-51(49-58-52(55)46-43-40-37-34-18-15-12-9-6-3)60-54(57)48-45-42-39-36-33-31-28-24-22-20-17-14-11-8-5-2/h8,11,14,17,20-23,25-27,29,34,37,51H,4-7,9-10,12-13,15-16,18-19,24,28,30-33,35-36,38-50H2,1-3H3/b11-8-,17-14-,22-20-,23-21-,26-25-,29-27-,37-34-. The Morgan fingerprint density at radius 2 is 0.683 bits per heavy atom. The number of unbranched alkanes of at least 4 members (excludes halogenated alkanes) is 22. The average molecular weight is 835 g/mol. The first kappa shape index (κ1) is 56.6. The smallest absolute Gasteiger partial charge is 0.306 e. The van der Waals surface area contributed by atoms with E-state index in [9.17, 15) is 14.4 Å². The van der Waals surface area contributed by atoms with E-state index in [-0.39, 0.29) is 31.1 Å². The number of esters is 3. The van der Waals surface area contributed by atoms with Gasteiger partial charge in [0.1, 0.15) is 13.2 Å². The van der Waals surface area contributed by atoms with Crippen molar-refractivity contribution >= 4 is 17.9 Å². The van der Waals surface area contributed by atoms with E-state index in [0.29, 0.717) is 25.7 Å². The largest absolute Gasteiger partial charge is 0.462 e. The van der Waals surface area contributed by atoms with E-state index in [4.69, 9.17) is 14.2 Å². The van der Waals surface area contributed by atoms with Gasteiger partial charge in [0.2, 0.25) is 0 Å². The summed E-state index contributed by atoms with van der Waals surface area (Å²) in [4.78, 5) is 37.8. The molecule has 0 spiro atoms. The van der Waals surface area contributed by atoms with E-state index in [2.05, 4.69) is 106 Å². The fourth-order valence-corrected chi connectivity index (χ4v) is 6.50. The number of carbonyl (C=O) groups excluding carboxylic acids is 3. The van der Waals surface area contributed by atoms with Gasteiger partial charge in [-0.25, -0.2) is 0 Å². The van der Waals surface area contributed by atoms with Crippen LogP contribution < -0.4 is 0 Å². The van der Waals surface area contributed by atoms with Gasteiger partial charge >= 0.3 is 17.9 Å². The van der Waals surface area contributed by atoms with E-state index in [1.807, 2.05) is 0 Å². The van der Waals surface area contributed by atoms with Crippen molar-refractivity contribution in [1.82, 2.24) is 0 Å². The third kappa shape index (κ3) is 45.7. The van der Waals surface area contributed by atoms with Crippen LogP contribution in [0.15, 0.2) is 85.1 Å². The maximum Gasteiger partial charge on any atom is 0.306 e. The van der Waals surface area contributed by atoms with Crippen molar-refractivity contribution in [2.24, 2.45) is 0 Å². The quantitative estimate of drug-likeness (QED) is 0.0200. The molecule has 0 aromatic carbocycles. The van der Waals surface area contributed by atoms with Crippen LogP contribution in [0.25, 0.3) is 0 Å². The molecule has 0 aliphatic heterocycles. The van der Waals surface area contributed by atoms with Crippen molar-refractivity contribution < 1.29 is 28.6 Å². The van der Waals surface area contributed by atoms with Crippen LogP contribution in [0.2, 0.25) is 0 Å². The second-order valence-electron chi connectivity index (χ2n) is 16.1. The van der Waals surface area contributed by atoms with E-state index >= 15 is 0 Å². The summed E-state index contributed by atoms with van der Waals surface area (Å²) in [6, 6.07) is 0. The van der Waals surface area contributed by atoms with Crippen LogP contribution >= 0.6 is 0 Å². The zero-order valence-corrected chi connectivity index (χ0v) is 38.9. The van der Waals surface area contributed by atoms with Crippen LogP contribution in [0, 0.1) is 0 Å². The molecule has 0 heterocycles. The maximum absolute atomic E-state index is 12.7. The first-order valence-electron chi connectivity index (χ1n) is 24.7. The number of rotatable bonds is 43. The lowest BCUT2D eigenvalue weighted by molar-refractivity contribution is -0.167. The highest BCUT2D eigenvalue weighted by molar-refractivity contribution is 5.71. The number of hydrogen-bond acceptors (Lipinski definition) is 6. The lowest BCUT2D eigenvalue weighted by Gasteiger charge is -2.18. The van der Waals surface area contributed by atoms with Crippen LogP contribution in [0.1, 0.15) is 220 Å². The molecule has 1 unspecified atom stereocenters. The number of ether oxygens (including phenoxy) is 3. The second-order valence-corrected chi connectivity index (χ2v) is 16.1. The number of hydrogen-bond donors (Lipinski definition) is 0. The molecule has 0 fully saturated rings. The van der Waals surface area contributed by atoms with Crippen LogP contribution in [0.4, 0.5) is 0 Å². The Morgan fingerprint density at radius 1 is 0.350 bits per heavy atom. The maximum atomic E-state index is 12.7. The van der Waals surface area contributed by atoms with Crippen LogP contribution in [0.5, 0.6) is 0 Å². The number of allylic oxidation sites excluding steroid dienone is 14. The summed E-state index contributed by atoms with van der Waals surface area (Å²) < 4.78 is 16.7. The highest BCUT2D eigenvalue weighted by Crippen LogP contribution is 2.13. The minimum absolute atomic E-state index is 0.102. The number of carbonyl (C=O) groups is 3. The van der Waals surface area contributed by atoms with Crippen LogP contribution in [-0.2, 0) is 28.6 Å². The van der Waals surface area contributed by atoms with Crippen LogP contribution in [-0.4, -0.2) is 37.2 Å². The first-order valence-corrected chi connectivity index (χ1v) is 24.7. The minimum atomic E-state index is -0.801. The van der Waals surface area contributed by atoms with Gasteiger partial charge in [0.05, 0.1) is 0 Å². The Hall–Kier alpha value is -3.41. The monoisotopic (exact) mass is 835 g/mol. The molecule has 6 heteroatoms. The molecule has 0 amide bonds. The lowest BCUT2D eigenvalue weighted by Crippen LogP contribution is -2.30. The Morgan fingerprint density at radius 3 is 1.13 bits per heavy atom. The molecule has 0 aromatic heterocycles. The third-order valence-corrected chi connectivity index (χ3v) is 10.2. The molecule has 0 aliphatic carbocycles. The van der Waals surface area contributed by atoms with Crippen molar-refractivity contribution in [3.05, 3.63) is 85.1 Å². The summed E-state index contributed by atoms with van der Waals surface area (Å²) in [5, 5.41) is 0. The predicted molar refractivity (Wildman–Crippen MR) is 256 cm³/mol. The average Bonchev–Trinajstić information content (AvgIpc) is 3.24. The second kappa shape index (κ2) is 48.3. The molecule has 0 aliphatic rings. The summed E-state index contributed by atoms with van der Waals surface area (Å²) in [6.45, 7) is 6.39. The van der Waals surface area contributed by atoms with Gasteiger partial charge in [0, 0.05) is 19.3 Å². The van der Waals surface area contributed by atoms with Crippen molar-refractivity contribution in [3.63, 3.8) is 0 Å². The van der Waals surface area contributed by atoms with Gasteiger partial charge < -0.3 is 14.2 Å². The molecule has 0 N–H and O–H groups in total. The zero-order valence-electron chi connectivity index (χ0n) is 38.9. The molecule has 60 heavy (non-hydrogen) atoms. The molecule has 1 atom stereocenters. The summed E-state index contributed by atoms with van der Waals surface area (Å²) in [5.74, 6) is -0.973. The summed E-state index contributed by atoms with van der Waals surface area (Å²) in [7, 11) is 0. The lowest BCUT2D eigenvalue weighted by atomic mass is 10.1. The third-order valence-electron chi connectivity index (χ3n) is 10.2. The normalized spacial score (nSPS) is 12.8. The van der Waals surface area contributed by atoms with Gasteiger partial charge in [-0.15, -0.1) is 0 Å². The highest BCUT2D eigenvalue weighted by Gasteiger charge is 2.19. The molecule has 6 nitrogen and oxygen atoms in total. The van der Waals surface area contributed by atoms with Gasteiger partial charge in [-0.3, -0.25) is 14.4 Å². The van der Waals surface area contributed by atoms with E-state index in [0.717, 1.165) is 96.3 Å². The van der Waals surface area contributed by atoms with Crippen molar-refractivity contribution in [3.8, 4) is 0 Å². The van der Waals surface area contributed by atoms with Gasteiger partial charge in [0.15, 0.2) is 6.10 Å². The first-order chi connectivity index (χ1) is 29.5. The molecule has 0 bridgehead atoms. The molecule has 342 valence electrons. The molecule has 0 radical (unpaired) electrons. The van der Waals surface area contributed by atoms with Gasteiger partial charge in [-0.05, 0) is 83.5 Å². The van der Waals surface area contributed by atoms with E-state index < -0.39 is 6.10 Å². The summed E-state index contributed by atoms with van der Waals surface area (Å²) in [5.41, 5.74) is 0. The molecular formula is C54H90O6. The van der Waals surface area contributed by atoms with E-state index in [1.54, 1.807) is 0 Å². The molecular weight excluding hydrogens is 745 g/mol. The highest BCUT2D eigenvalue weighted by atomic mass is 16.6. The van der Waals surface area contributed by atoms with Crippen molar-refractivity contribution in [2.75, 3.05) is 13.2 Å². The van der Waals surface area contributed by atoms with Gasteiger partial charge in [-0.1, -0.05) is 202 Å². The topological polar surface area (TPSA) is 78.9 Å². The molecule has 0 saturated carbocycles. The Balaban J connectivity index is 4.42. The van der Waals surface area contributed by atoms with E-state index in [1.165, 1.54) is 77.0 Å². The minimum Gasteiger partial charge on any atom is -0.462 e. The Labute approximate surface area is 369 Å². The van der Waals surface area contributed by atoms with Gasteiger partial charge in [0.25, 0.3) is 0 Å². The van der Waals surface area contributed by atoms with Gasteiger partial charge in [-0.2, -0.15) is 0 Å².